The third-order valence-electron chi connectivity index (χ3n) is 6.04. The van der Waals surface area contributed by atoms with Gasteiger partial charge in [0.15, 0.2) is 0 Å². The molecule has 1 unspecified atom stereocenters. The smallest absolute Gasteiger partial charge is 0.266 e. The zero-order valence-corrected chi connectivity index (χ0v) is 20.8. The molecule has 0 aliphatic carbocycles. The fraction of sp³-hybridized carbons (Fsp3) is 0.250. The minimum absolute atomic E-state index is 0.148. The van der Waals surface area contributed by atoms with Crippen LogP contribution in [0.15, 0.2) is 77.6 Å². The van der Waals surface area contributed by atoms with Crippen molar-refractivity contribution in [3.8, 4) is 11.4 Å². The lowest BCUT2D eigenvalue weighted by Crippen LogP contribution is -2.38. The number of fused-ring (bicyclic) bond motifs is 1. The van der Waals surface area contributed by atoms with Crippen LogP contribution in [-0.2, 0) is 0 Å². The lowest BCUT2D eigenvalue weighted by Gasteiger charge is -2.31. The Morgan fingerprint density at radius 1 is 1.09 bits per heavy atom. The third kappa shape index (κ3) is 5.08. The second-order valence-corrected chi connectivity index (χ2v) is 8.80. The Balaban J connectivity index is 1.89. The number of aromatic nitrogens is 2. The van der Waals surface area contributed by atoms with Crippen LogP contribution < -0.4 is 10.3 Å². The first-order valence-electron chi connectivity index (χ1n) is 11.7. The van der Waals surface area contributed by atoms with E-state index in [0.717, 1.165) is 12.8 Å². The van der Waals surface area contributed by atoms with Gasteiger partial charge in [-0.1, -0.05) is 49.2 Å². The highest BCUT2D eigenvalue weighted by molar-refractivity contribution is 6.30. The van der Waals surface area contributed by atoms with E-state index in [4.69, 9.17) is 21.3 Å². The number of ether oxygens (including phenoxy) is 1. The maximum atomic E-state index is 13.7. The minimum atomic E-state index is -0.489. The molecule has 0 saturated heterocycles. The molecule has 0 radical (unpaired) electrons. The Bertz CT molecular complexity index is 1420. The molecule has 3 aromatic carbocycles. The molecule has 0 N–H and O–H groups in total. The quantitative estimate of drug-likeness (QED) is 0.302. The fourth-order valence-electron chi connectivity index (χ4n) is 4.16. The molecule has 180 valence electrons. The normalized spacial score (nSPS) is 11.9. The largest absolute Gasteiger partial charge is 0.497 e. The van der Waals surface area contributed by atoms with E-state index < -0.39 is 6.04 Å². The molecule has 1 atom stereocenters. The number of halogens is 1. The summed E-state index contributed by atoms with van der Waals surface area (Å²) in [6.07, 6.45) is 1.73. The van der Waals surface area contributed by atoms with Gasteiger partial charge in [-0.15, -0.1) is 0 Å². The Morgan fingerprint density at radius 3 is 2.60 bits per heavy atom. The standard InChI is InChI=1S/C28H28ClN3O3/c1-4-5-16-31(27(33)20-10-8-13-23(17-20)35-3)19(2)26-30-25-15-7-6-14-24(25)28(34)32(26)22-12-9-11-21(29)18-22/h6-15,17-19H,4-5,16H2,1-3H3. The van der Waals surface area contributed by atoms with Crippen LogP contribution in [0.4, 0.5) is 0 Å². The fourth-order valence-corrected chi connectivity index (χ4v) is 4.34. The van der Waals surface area contributed by atoms with Gasteiger partial charge in [0.05, 0.1) is 29.7 Å². The molecule has 7 heteroatoms. The zero-order chi connectivity index (χ0) is 24.9. The number of hydrogen-bond acceptors (Lipinski definition) is 4. The average Bonchev–Trinajstić information content (AvgIpc) is 2.88. The third-order valence-corrected chi connectivity index (χ3v) is 6.27. The first kappa shape index (κ1) is 24.5. The van der Waals surface area contributed by atoms with Gasteiger partial charge >= 0.3 is 0 Å². The number of unbranched alkanes of at least 4 members (excludes halogenated alkanes) is 1. The van der Waals surface area contributed by atoms with Crippen molar-refractivity contribution < 1.29 is 9.53 Å². The van der Waals surface area contributed by atoms with Gasteiger partial charge in [0, 0.05) is 17.1 Å². The maximum Gasteiger partial charge on any atom is 0.266 e. The number of methoxy groups -OCH3 is 1. The summed E-state index contributed by atoms with van der Waals surface area (Å²) in [5, 5.41) is 1.01. The zero-order valence-electron chi connectivity index (χ0n) is 20.1. The Morgan fingerprint density at radius 2 is 1.86 bits per heavy atom. The lowest BCUT2D eigenvalue weighted by atomic mass is 10.1. The molecule has 0 saturated carbocycles. The highest BCUT2D eigenvalue weighted by atomic mass is 35.5. The lowest BCUT2D eigenvalue weighted by molar-refractivity contribution is 0.0678. The number of carbonyl (C=O) groups excluding carboxylic acids is 1. The van der Waals surface area contributed by atoms with Crippen molar-refractivity contribution in [1.82, 2.24) is 14.5 Å². The van der Waals surface area contributed by atoms with Crippen LogP contribution in [0.2, 0.25) is 5.02 Å². The van der Waals surface area contributed by atoms with Crippen molar-refractivity contribution >= 4 is 28.4 Å². The molecule has 0 fully saturated rings. The molecule has 4 aromatic rings. The Labute approximate surface area is 209 Å². The molecule has 35 heavy (non-hydrogen) atoms. The van der Waals surface area contributed by atoms with E-state index in [0.29, 0.717) is 45.3 Å². The summed E-state index contributed by atoms with van der Waals surface area (Å²) in [7, 11) is 1.57. The Hall–Kier alpha value is -3.64. The van der Waals surface area contributed by atoms with E-state index in [1.54, 1.807) is 65.1 Å². The molecule has 0 aliphatic rings. The second-order valence-electron chi connectivity index (χ2n) is 8.37. The first-order valence-corrected chi connectivity index (χ1v) is 12.0. The summed E-state index contributed by atoms with van der Waals surface area (Å²) in [5.74, 6) is 0.937. The highest BCUT2D eigenvalue weighted by Gasteiger charge is 2.27. The van der Waals surface area contributed by atoms with Crippen molar-refractivity contribution in [3.63, 3.8) is 0 Å². The first-order chi connectivity index (χ1) is 16.9. The van der Waals surface area contributed by atoms with E-state index >= 15 is 0 Å². The van der Waals surface area contributed by atoms with Gasteiger partial charge in [0.2, 0.25) is 0 Å². The van der Waals surface area contributed by atoms with Gasteiger partial charge in [-0.05, 0) is 61.9 Å². The number of para-hydroxylation sites is 1. The summed E-state index contributed by atoms with van der Waals surface area (Å²) in [6, 6.07) is 21.0. The van der Waals surface area contributed by atoms with Gasteiger partial charge in [-0.2, -0.15) is 0 Å². The van der Waals surface area contributed by atoms with Crippen LogP contribution in [0, 0.1) is 0 Å². The molecule has 1 amide bonds. The molecule has 1 aromatic heterocycles. The van der Waals surface area contributed by atoms with Crippen molar-refractivity contribution in [2.24, 2.45) is 0 Å². The molecule has 0 bridgehead atoms. The monoisotopic (exact) mass is 489 g/mol. The van der Waals surface area contributed by atoms with Crippen LogP contribution in [0.5, 0.6) is 5.75 Å². The average molecular weight is 490 g/mol. The van der Waals surface area contributed by atoms with Crippen molar-refractivity contribution in [2.75, 3.05) is 13.7 Å². The summed E-state index contributed by atoms with van der Waals surface area (Å²) in [5.41, 5.74) is 1.50. The van der Waals surface area contributed by atoms with Gasteiger partial charge in [-0.25, -0.2) is 4.98 Å². The van der Waals surface area contributed by atoms with E-state index in [9.17, 15) is 9.59 Å². The topological polar surface area (TPSA) is 64.4 Å². The number of carbonyl (C=O) groups is 1. The Kier molecular flexibility index (Phi) is 7.51. The predicted octanol–water partition coefficient (Wildman–Crippen LogP) is 6.05. The number of benzene rings is 3. The van der Waals surface area contributed by atoms with E-state index in [1.807, 2.05) is 31.2 Å². The number of hydrogen-bond donors (Lipinski definition) is 0. The van der Waals surface area contributed by atoms with Crippen LogP contribution in [-0.4, -0.2) is 34.0 Å². The minimum Gasteiger partial charge on any atom is -0.497 e. The van der Waals surface area contributed by atoms with E-state index in [-0.39, 0.29) is 11.5 Å². The molecule has 4 rings (SSSR count). The van der Waals surface area contributed by atoms with Crippen molar-refractivity contribution in [2.45, 2.75) is 32.7 Å². The SMILES string of the molecule is CCCCN(C(=O)c1cccc(OC)c1)C(C)c1nc2ccccc2c(=O)n1-c1cccc(Cl)c1. The summed E-state index contributed by atoms with van der Waals surface area (Å²) in [6.45, 7) is 4.51. The van der Waals surface area contributed by atoms with Gasteiger partial charge < -0.3 is 9.64 Å². The summed E-state index contributed by atoms with van der Waals surface area (Å²) >= 11 is 6.28. The molecular formula is C28H28ClN3O3. The highest BCUT2D eigenvalue weighted by Crippen LogP contribution is 2.26. The van der Waals surface area contributed by atoms with Crippen LogP contribution in [0.3, 0.4) is 0 Å². The summed E-state index contributed by atoms with van der Waals surface area (Å²) in [4.78, 5) is 34.1. The van der Waals surface area contributed by atoms with Crippen molar-refractivity contribution in [1.29, 1.82) is 0 Å². The molecular weight excluding hydrogens is 462 g/mol. The van der Waals surface area contributed by atoms with Gasteiger partial charge in [0.1, 0.15) is 11.6 Å². The van der Waals surface area contributed by atoms with Crippen LogP contribution in [0.25, 0.3) is 16.6 Å². The molecule has 0 aliphatic heterocycles. The van der Waals surface area contributed by atoms with Crippen molar-refractivity contribution in [3.05, 3.63) is 99.6 Å². The van der Waals surface area contributed by atoms with Crippen LogP contribution >= 0.6 is 11.6 Å². The van der Waals surface area contributed by atoms with Gasteiger partial charge in [-0.3, -0.25) is 14.2 Å². The number of rotatable bonds is 8. The predicted molar refractivity (Wildman–Crippen MR) is 140 cm³/mol. The maximum absolute atomic E-state index is 13.7. The van der Waals surface area contributed by atoms with Gasteiger partial charge in [0.25, 0.3) is 11.5 Å². The summed E-state index contributed by atoms with van der Waals surface area (Å²) < 4.78 is 6.89. The number of amides is 1. The van der Waals surface area contributed by atoms with E-state index in [1.165, 1.54) is 0 Å². The van der Waals surface area contributed by atoms with E-state index in [2.05, 4.69) is 6.92 Å². The molecule has 6 nitrogen and oxygen atoms in total. The number of nitrogens with zero attached hydrogens (tertiary/aromatic N) is 3. The molecule has 0 spiro atoms. The second kappa shape index (κ2) is 10.7. The molecule has 1 heterocycles. The van der Waals surface area contributed by atoms with Crippen LogP contribution in [0.1, 0.15) is 48.9 Å².